The van der Waals surface area contributed by atoms with Gasteiger partial charge in [-0.15, -0.1) is 11.6 Å². The molecule has 0 atom stereocenters. The van der Waals surface area contributed by atoms with Crippen LogP contribution < -0.4 is 0 Å². The molecule has 0 fully saturated rings. The highest BCUT2D eigenvalue weighted by Gasteiger charge is 2.44. The van der Waals surface area contributed by atoms with Gasteiger partial charge in [0.05, 0.1) is 11.5 Å². The second-order valence-corrected chi connectivity index (χ2v) is 7.63. The molecular formula is C19H24ClNO4. The Hall–Kier alpha value is -2.01. The first-order valence-electron chi connectivity index (χ1n) is 8.10. The Kier molecular flexibility index (Phi) is 5.47. The number of rotatable bonds is 4. The number of carbonyl (C=O) groups excluding carboxylic acids is 2. The molecule has 136 valence electrons. The van der Waals surface area contributed by atoms with Gasteiger partial charge in [-0.1, -0.05) is 30.3 Å². The van der Waals surface area contributed by atoms with Gasteiger partial charge in [-0.05, 0) is 40.2 Å². The lowest BCUT2D eigenvalue weighted by atomic mass is 9.97. The third-order valence-electron chi connectivity index (χ3n) is 3.86. The quantitative estimate of drug-likeness (QED) is 0.604. The van der Waals surface area contributed by atoms with Crippen LogP contribution in [0.4, 0.5) is 0 Å². The van der Waals surface area contributed by atoms with Crippen LogP contribution in [0.25, 0.3) is 5.57 Å². The monoisotopic (exact) mass is 365 g/mol. The van der Waals surface area contributed by atoms with E-state index in [0.29, 0.717) is 16.9 Å². The molecule has 1 aliphatic heterocycles. The summed E-state index contributed by atoms with van der Waals surface area (Å²) in [5, 5.41) is 0. The van der Waals surface area contributed by atoms with E-state index >= 15 is 0 Å². The van der Waals surface area contributed by atoms with E-state index < -0.39 is 17.1 Å². The van der Waals surface area contributed by atoms with Crippen LogP contribution in [-0.2, 0) is 19.1 Å². The molecule has 0 N–H and O–H groups in total. The van der Waals surface area contributed by atoms with Crippen LogP contribution in [0.1, 0.15) is 40.2 Å². The van der Waals surface area contributed by atoms with Crippen molar-refractivity contribution in [1.29, 1.82) is 0 Å². The first-order valence-corrected chi connectivity index (χ1v) is 8.64. The predicted molar refractivity (Wildman–Crippen MR) is 96.8 cm³/mol. The first kappa shape index (κ1) is 19.3. The summed E-state index contributed by atoms with van der Waals surface area (Å²) >= 11 is 5.96. The Morgan fingerprint density at radius 2 is 1.80 bits per heavy atom. The maximum absolute atomic E-state index is 13.1. The largest absolute Gasteiger partial charge is 0.475 e. The van der Waals surface area contributed by atoms with Crippen molar-refractivity contribution in [2.24, 2.45) is 0 Å². The second kappa shape index (κ2) is 7.08. The molecule has 0 aromatic heterocycles. The smallest absolute Gasteiger partial charge is 0.332 e. The lowest BCUT2D eigenvalue weighted by Gasteiger charge is -2.40. The van der Waals surface area contributed by atoms with Crippen molar-refractivity contribution in [2.75, 3.05) is 12.6 Å². The lowest BCUT2D eigenvalue weighted by molar-refractivity contribution is -0.175. The zero-order valence-electron chi connectivity index (χ0n) is 15.3. The third kappa shape index (κ3) is 4.15. The van der Waals surface area contributed by atoms with Gasteiger partial charge >= 0.3 is 5.97 Å². The normalized spacial score (nSPS) is 15.9. The molecule has 5 nitrogen and oxygen atoms in total. The summed E-state index contributed by atoms with van der Waals surface area (Å²) in [6.07, 6.45) is 0. The summed E-state index contributed by atoms with van der Waals surface area (Å²) in [5.74, 6) is -0.298. The highest BCUT2D eigenvalue weighted by atomic mass is 35.5. The van der Waals surface area contributed by atoms with Crippen LogP contribution in [-0.4, -0.2) is 40.5 Å². The van der Waals surface area contributed by atoms with Gasteiger partial charge in [0.2, 0.25) is 0 Å². The van der Waals surface area contributed by atoms with Gasteiger partial charge in [0.1, 0.15) is 16.9 Å². The number of amides is 1. The van der Waals surface area contributed by atoms with Gasteiger partial charge in [-0.3, -0.25) is 9.69 Å². The van der Waals surface area contributed by atoms with Gasteiger partial charge in [0.15, 0.2) is 6.73 Å². The maximum atomic E-state index is 13.1. The van der Waals surface area contributed by atoms with E-state index in [9.17, 15) is 9.59 Å². The molecule has 0 aliphatic carbocycles. The molecule has 6 heteroatoms. The van der Waals surface area contributed by atoms with Gasteiger partial charge in [0.25, 0.3) is 5.91 Å². The Morgan fingerprint density at radius 3 is 2.32 bits per heavy atom. The number of esters is 1. The molecule has 0 radical (unpaired) electrons. The maximum Gasteiger partial charge on any atom is 0.332 e. The molecule has 0 unspecified atom stereocenters. The van der Waals surface area contributed by atoms with Crippen LogP contribution >= 0.6 is 11.6 Å². The second-order valence-electron chi connectivity index (χ2n) is 7.37. The molecular weight excluding hydrogens is 342 g/mol. The van der Waals surface area contributed by atoms with Crippen molar-refractivity contribution in [3.63, 3.8) is 0 Å². The van der Waals surface area contributed by atoms with Gasteiger partial charge in [-0.25, -0.2) is 4.79 Å². The molecule has 1 aromatic carbocycles. The highest BCUT2D eigenvalue weighted by molar-refractivity contribution is 6.25. The number of hydrogen-bond acceptors (Lipinski definition) is 4. The predicted octanol–water partition coefficient (Wildman–Crippen LogP) is 3.57. The number of benzene rings is 1. The summed E-state index contributed by atoms with van der Waals surface area (Å²) in [6, 6.07) is 9.15. The summed E-state index contributed by atoms with van der Waals surface area (Å²) in [4.78, 5) is 27.1. The Labute approximate surface area is 153 Å². The molecule has 1 amide bonds. The Morgan fingerprint density at radius 1 is 1.20 bits per heavy atom. The minimum Gasteiger partial charge on any atom is -0.475 e. The Bertz CT molecular complexity index is 689. The van der Waals surface area contributed by atoms with E-state index in [2.05, 4.69) is 0 Å². The van der Waals surface area contributed by atoms with E-state index in [1.165, 1.54) is 4.90 Å². The zero-order chi connectivity index (χ0) is 18.8. The molecule has 2 rings (SSSR count). The minimum atomic E-state index is -1.18. The SMILES string of the molecule is CC(C)(C)OC(=O)C(C)(C)N1COC(CCl)=C(c2ccccc2)C1=O. The molecule has 1 aromatic rings. The third-order valence-corrected chi connectivity index (χ3v) is 4.11. The van der Waals surface area contributed by atoms with Crippen LogP contribution in [0, 0.1) is 0 Å². The Balaban J connectivity index is 2.38. The number of carbonyl (C=O) groups is 2. The van der Waals surface area contributed by atoms with Crippen molar-refractivity contribution >= 4 is 29.1 Å². The average Bonchev–Trinajstić information content (AvgIpc) is 2.53. The van der Waals surface area contributed by atoms with Crippen molar-refractivity contribution in [1.82, 2.24) is 4.90 Å². The van der Waals surface area contributed by atoms with E-state index in [1.807, 2.05) is 30.3 Å². The van der Waals surface area contributed by atoms with E-state index in [-0.39, 0.29) is 18.5 Å². The van der Waals surface area contributed by atoms with Gasteiger partial charge in [0, 0.05) is 0 Å². The molecule has 25 heavy (non-hydrogen) atoms. The number of hydrogen-bond donors (Lipinski definition) is 0. The summed E-state index contributed by atoms with van der Waals surface area (Å²) in [5.41, 5.74) is -0.748. The summed E-state index contributed by atoms with van der Waals surface area (Å²) in [6.45, 7) is 8.61. The fourth-order valence-electron chi connectivity index (χ4n) is 2.45. The van der Waals surface area contributed by atoms with Crippen LogP contribution in [0.5, 0.6) is 0 Å². The molecule has 0 saturated heterocycles. The molecule has 0 bridgehead atoms. The average molecular weight is 366 g/mol. The molecule has 1 aliphatic rings. The van der Waals surface area contributed by atoms with Crippen molar-refractivity contribution in [2.45, 2.75) is 45.8 Å². The van der Waals surface area contributed by atoms with Crippen molar-refractivity contribution in [3.8, 4) is 0 Å². The van der Waals surface area contributed by atoms with Crippen LogP contribution in [0.15, 0.2) is 36.1 Å². The molecule has 1 heterocycles. The number of halogens is 1. The topological polar surface area (TPSA) is 55.8 Å². The summed E-state index contributed by atoms with van der Waals surface area (Å²) < 4.78 is 11.2. The molecule has 0 spiro atoms. The van der Waals surface area contributed by atoms with Gasteiger partial charge in [-0.2, -0.15) is 0 Å². The van der Waals surface area contributed by atoms with Crippen molar-refractivity contribution < 1.29 is 19.1 Å². The highest BCUT2D eigenvalue weighted by Crippen LogP contribution is 2.32. The standard InChI is InChI=1S/C19H24ClNO4/c1-18(2,3)25-17(23)19(4,5)21-12-24-14(11-20)15(16(21)22)13-9-7-6-8-10-13/h6-10H,11-12H2,1-5H3. The molecule has 0 saturated carbocycles. The minimum absolute atomic E-state index is 0.0521. The number of ether oxygens (including phenoxy) is 2. The number of allylic oxidation sites excluding steroid dienone is 1. The first-order chi connectivity index (χ1) is 11.6. The van der Waals surface area contributed by atoms with E-state index in [0.717, 1.165) is 0 Å². The fourth-order valence-corrected chi connectivity index (χ4v) is 2.66. The van der Waals surface area contributed by atoms with Gasteiger partial charge < -0.3 is 9.47 Å². The van der Waals surface area contributed by atoms with Crippen LogP contribution in [0.2, 0.25) is 0 Å². The lowest BCUT2D eigenvalue weighted by Crippen LogP contribution is -2.57. The zero-order valence-corrected chi connectivity index (χ0v) is 16.0. The van der Waals surface area contributed by atoms with Crippen molar-refractivity contribution in [3.05, 3.63) is 41.7 Å². The number of alkyl halides is 1. The fraction of sp³-hybridized carbons (Fsp3) is 0.474. The van der Waals surface area contributed by atoms with E-state index in [4.69, 9.17) is 21.1 Å². The number of nitrogens with zero attached hydrogens (tertiary/aromatic N) is 1. The van der Waals surface area contributed by atoms with Crippen LogP contribution in [0.3, 0.4) is 0 Å². The summed E-state index contributed by atoms with van der Waals surface area (Å²) in [7, 11) is 0. The van der Waals surface area contributed by atoms with E-state index in [1.54, 1.807) is 34.6 Å².